The topological polar surface area (TPSA) is 28.7 Å². The first-order chi connectivity index (χ1) is 7.43. The second-order valence-electron chi connectivity index (χ2n) is 4.20. The molecule has 1 aromatic carbocycles. The average Bonchev–Trinajstić information content (AvgIpc) is 2.66. The van der Waals surface area contributed by atoms with Gasteiger partial charge in [0.05, 0.1) is 5.69 Å². The van der Waals surface area contributed by atoms with E-state index in [9.17, 15) is 0 Å². The normalized spacial score (nSPS) is 16.3. The van der Waals surface area contributed by atoms with E-state index in [0.717, 1.165) is 11.6 Å². The Hall–Kier alpha value is -1.57. The van der Waals surface area contributed by atoms with Crippen LogP contribution in [0, 0.1) is 0 Å². The summed E-state index contributed by atoms with van der Waals surface area (Å²) in [6.07, 6.45) is 4.00. The highest BCUT2D eigenvalue weighted by Gasteiger charge is 2.21. The number of aromatic amines is 1. The Balaban J connectivity index is 1.90. The fourth-order valence-corrected chi connectivity index (χ4v) is 2.02. The van der Waals surface area contributed by atoms with Crippen LogP contribution >= 0.6 is 0 Å². The smallest absolute Gasteiger partial charge is 0.0923 e. The zero-order valence-electron chi connectivity index (χ0n) is 8.61. The SMILES string of the molecule is c1ccc(-c2cc(C3CCC3)[nH]n2)cc1. The highest BCUT2D eigenvalue weighted by atomic mass is 15.1. The molecule has 1 aromatic heterocycles. The number of hydrogen-bond acceptors (Lipinski definition) is 1. The van der Waals surface area contributed by atoms with Gasteiger partial charge >= 0.3 is 0 Å². The fourth-order valence-electron chi connectivity index (χ4n) is 2.02. The van der Waals surface area contributed by atoms with Crippen LogP contribution in [0.5, 0.6) is 0 Å². The molecule has 1 N–H and O–H groups in total. The van der Waals surface area contributed by atoms with Crippen molar-refractivity contribution in [3.63, 3.8) is 0 Å². The van der Waals surface area contributed by atoms with Gasteiger partial charge in [-0.05, 0) is 18.9 Å². The standard InChI is InChI=1S/C13H14N2/c1-2-5-10(6-3-1)12-9-13(15-14-12)11-7-4-8-11/h1-3,5-6,9,11H,4,7-8H2,(H,14,15). The summed E-state index contributed by atoms with van der Waals surface area (Å²) < 4.78 is 0. The molecule has 1 aliphatic carbocycles. The van der Waals surface area contributed by atoms with Gasteiger partial charge in [0, 0.05) is 17.2 Å². The highest BCUT2D eigenvalue weighted by molar-refractivity contribution is 5.59. The molecule has 0 saturated heterocycles. The monoisotopic (exact) mass is 198 g/mol. The number of nitrogens with zero attached hydrogens (tertiary/aromatic N) is 1. The lowest BCUT2D eigenvalue weighted by molar-refractivity contribution is 0.410. The van der Waals surface area contributed by atoms with Crippen molar-refractivity contribution in [3.8, 4) is 11.3 Å². The number of aromatic nitrogens is 2. The van der Waals surface area contributed by atoms with Crippen molar-refractivity contribution in [2.75, 3.05) is 0 Å². The van der Waals surface area contributed by atoms with Crippen LogP contribution in [-0.2, 0) is 0 Å². The lowest BCUT2D eigenvalue weighted by Gasteiger charge is -2.23. The van der Waals surface area contributed by atoms with Crippen molar-refractivity contribution in [1.82, 2.24) is 10.2 Å². The molecule has 3 rings (SSSR count). The summed E-state index contributed by atoms with van der Waals surface area (Å²) in [5, 5.41) is 7.52. The molecule has 1 heterocycles. The van der Waals surface area contributed by atoms with Gasteiger partial charge in [-0.3, -0.25) is 5.10 Å². The lowest BCUT2D eigenvalue weighted by atomic mass is 9.83. The Bertz CT molecular complexity index is 441. The number of hydrogen-bond donors (Lipinski definition) is 1. The summed E-state index contributed by atoms with van der Waals surface area (Å²) in [5.74, 6) is 0.731. The Labute approximate surface area is 89.3 Å². The third-order valence-electron chi connectivity index (χ3n) is 3.21. The lowest BCUT2D eigenvalue weighted by Crippen LogP contribution is -2.08. The molecule has 2 heteroatoms. The molecule has 0 unspecified atom stereocenters. The Morgan fingerprint density at radius 2 is 1.93 bits per heavy atom. The molecule has 2 aromatic rings. The van der Waals surface area contributed by atoms with E-state index in [0.29, 0.717) is 0 Å². The van der Waals surface area contributed by atoms with Gasteiger partial charge in [0.25, 0.3) is 0 Å². The van der Waals surface area contributed by atoms with Crippen LogP contribution in [0.15, 0.2) is 36.4 Å². The highest BCUT2D eigenvalue weighted by Crippen LogP contribution is 2.36. The van der Waals surface area contributed by atoms with Crippen molar-refractivity contribution < 1.29 is 0 Å². The minimum Gasteiger partial charge on any atom is -0.282 e. The van der Waals surface area contributed by atoms with Gasteiger partial charge in [-0.2, -0.15) is 5.10 Å². The quantitative estimate of drug-likeness (QED) is 0.787. The molecule has 1 aliphatic rings. The molecule has 0 amide bonds. The molecule has 0 radical (unpaired) electrons. The summed E-state index contributed by atoms with van der Waals surface area (Å²) >= 11 is 0. The van der Waals surface area contributed by atoms with Crippen LogP contribution in [0.3, 0.4) is 0 Å². The molecular formula is C13H14N2. The molecular weight excluding hydrogens is 184 g/mol. The van der Waals surface area contributed by atoms with Gasteiger partial charge in [-0.1, -0.05) is 36.8 Å². The van der Waals surface area contributed by atoms with Crippen molar-refractivity contribution in [2.45, 2.75) is 25.2 Å². The summed E-state index contributed by atoms with van der Waals surface area (Å²) in [7, 11) is 0. The molecule has 0 bridgehead atoms. The van der Waals surface area contributed by atoms with Gasteiger partial charge in [-0.15, -0.1) is 0 Å². The molecule has 0 spiro atoms. The zero-order valence-corrected chi connectivity index (χ0v) is 8.61. The van der Waals surface area contributed by atoms with Gasteiger partial charge in [0.1, 0.15) is 0 Å². The number of benzene rings is 1. The van der Waals surface area contributed by atoms with E-state index >= 15 is 0 Å². The van der Waals surface area contributed by atoms with Crippen molar-refractivity contribution in [1.29, 1.82) is 0 Å². The third kappa shape index (κ3) is 1.56. The van der Waals surface area contributed by atoms with E-state index in [-0.39, 0.29) is 0 Å². The number of rotatable bonds is 2. The van der Waals surface area contributed by atoms with Crippen LogP contribution in [0.1, 0.15) is 30.9 Å². The maximum Gasteiger partial charge on any atom is 0.0923 e. The Morgan fingerprint density at radius 1 is 1.13 bits per heavy atom. The Kier molecular flexibility index (Phi) is 2.05. The van der Waals surface area contributed by atoms with Gasteiger partial charge < -0.3 is 0 Å². The molecule has 15 heavy (non-hydrogen) atoms. The van der Waals surface area contributed by atoms with Crippen molar-refractivity contribution >= 4 is 0 Å². The van der Waals surface area contributed by atoms with Crippen LogP contribution in [0.25, 0.3) is 11.3 Å². The fraction of sp³-hybridized carbons (Fsp3) is 0.308. The first-order valence-corrected chi connectivity index (χ1v) is 5.54. The van der Waals surface area contributed by atoms with E-state index in [1.165, 1.54) is 30.5 Å². The summed E-state index contributed by atoms with van der Waals surface area (Å²) in [4.78, 5) is 0. The van der Waals surface area contributed by atoms with E-state index in [1.807, 2.05) is 18.2 Å². The zero-order chi connectivity index (χ0) is 10.1. The summed E-state index contributed by atoms with van der Waals surface area (Å²) in [6, 6.07) is 12.5. The third-order valence-corrected chi connectivity index (χ3v) is 3.21. The predicted octanol–water partition coefficient (Wildman–Crippen LogP) is 3.34. The molecule has 1 fully saturated rings. The van der Waals surface area contributed by atoms with Crippen LogP contribution in [0.2, 0.25) is 0 Å². The van der Waals surface area contributed by atoms with Gasteiger partial charge in [-0.25, -0.2) is 0 Å². The average molecular weight is 198 g/mol. The largest absolute Gasteiger partial charge is 0.282 e. The first-order valence-electron chi connectivity index (χ1n) is 5.54. The van der Waals surface area contributed by atoms with Gasteiger partial charge in [0.2, 0.25) is 0 Å². The van der Waals surface area contributed by atoms with E-state index in [4.69, 9.17) is 0 Å². The Morgan fingerprint density at radius 3 is 2.60 bits per heavy atom. The van der Waals surface area contributed by atoms with Crippen LogP contribution in [0.4, 0.5) is 0 Å². The van der Waals surface area contributed by atoms with Crippen LogP contribution in [-0.4, -0.2) is 10.2 Å². The molecule has 0 atom stereocenters. The summed E-state index contributed by atoms with van der Waals surface area (Å²) in [5.41, 5.74) is 3.57. The number of H-pyrrole nitrogens is 1. The summed E-state index contributed by atoms with van der Waals surface area (Å²) in [6.45, 7) is 0. The number of nitrogens with one attached hydrogen (secondary N) is 1. The van der Waals surface area contributed by atoms with Crippen molar-refractivity contribution in [2.24, 2.45) is 0 Å². The second kappa shape index (κ2) is 3.54. The molecule has 0 aliphatic heterocycles. The second-order valence-corrected chi connectivity index (χ2v) is 4.20. The first kappa shape index (κ1) is 8.72. The minimum absolute atomic E-state index is 0.731. The minimum atomic E-state index is 0.731. The van der Waals surface area contributed by atoms with E-state index in [2.05, 4.69) is 28.4 Å². The van der Waals surface area contributed by atoms with E-state index < -0.39 is 0 Å². The van der Waals surface area contributed by atoms with Gasteiger partial charge in [0.15, 0.2) is 0 Å². The predicted molar refractivity (Wildman–Crippen MR) is 60.6 cm³/mol. The van der Waals surface area contributed by atoms with Crippen molar-refractivity contribution in [3.05, 3.63) is 42.1 Å². The molecule has 76 valence electrons. The van der Waals surface area contributed by atoms with E-state index in [1.54, 1.807) is 0 Å². The molecule has 1 saturated carbocycles. The molecule has 2 nitrogen and oxygen atoms in total. The maximum absolute atomic E-state index is 4.36. The van der Waals surface area contributed by atoms with Crippen LogP contribution < -0.4 is 0 Å². The maximum atomic E-state index is 4.36.